The Kier molecular flexibility index (Phi) is 2.52. The number of carbonyl (C=O) groups is 1. The Bertz CT molecular complexity index is 227. The van der Waals surface area contributed by atoms with E-state index >= 15 is 0 Å². The molecule has 0 aromatic rings. The largest absolute Gasteiger partial charge is 0.481 e. The zero-order valence-corrected chi connectivity index (χ0v) is 8.83. The van der Waals surface area contributed by atoms with Gasteiger partial charge in [0.2, 0.25) is 0 Å². The van der Waals surface area contributed by atoms with E-state index in [0.29, 0.717) is 5.41 Å². The number of hydrogen-bond donors (Lipinski definition) is 1. The molecule has 1 N–H and O–H groups in total. The van der Waals surface area contributed by atoms with Gasteiger partial charge in [-0.2, -0.15) is 0 Å². The summed E-state index contributed by atoms with van der Waals surface area (Å²) in [5, 5.41) is 8.75. The van der Waals surface area contributed by atoms with Gasteiger partial charge in [-0.05, 0) is 18.3 Å². The third-order valence-electron chi connectivity index (χ3n) is 3.72. The number of rotatable bonds is 3. The van der Waals surface area contributed by atoms with E-state index < -0.39 is 5.97 Å². The maximum absolute atomic E-state index is 10.6. The highest BCUT2D eigenvalue weighted by Crippen LogP contribution is 2.39. The first-order valence-corrected chi connectivity index (χ1v) is 5.54. The second kappa shape index (κ2) is 3.54. The van der Waals surface area contributed by atoms with Crippen LogP contribution >= 0.6 is 0 Å². The molecule has 1 aliphatic carbocycles. The Hall–Kier alpha value is -0.570. The summed E-state index contributed by atoms with van der Waals surface area (Å²) < 4.78 is 0. The summed E-state index contributed by atoms with van der Waals surface area (Å²) in [4.78, 5) is 12.9. The van der Waals surface area contributed by atoms with Crippen LogP contribution in [0.25, 0.3) is 0 Å². The van der Waals surface area contributed by atoms with Crippen LogP contribution in [0.5, 0.6) is 0 Å². The van der Waals surface area contributed by atoms with Gasteiger partial charge in [-0.1, -0.05) is 19.8 Å². The van der Waals surface area contributed by atoms with E-state index in [1.165, 1.54) is 25.7 Å². The van der Waals surface area contributed by atoms with E-state index in [2.05, 4.69) is 11.8 Å². The van der Waals surface area contributed by atoms with E-state index in [9.17, 15) is 4.79 Å². The van der Waals surface area contributed by atoms with Crippen LogP contribution in [-0.4, -0.2) is 35.6 Å². The molecule has 0 spiro atoms. The molecule has 2 rings (SSSR count). The number of hydrogen-bond acceptors (Lipinski definition) is 2. The zero-order chi connectivity index (χ0) is 10.2. The van der Waals surface area contributed by atoms with Crippen LogP contribution in [0, 0.1) is 11.3 Å². The van der Waals surface area contributed by atoms with Gasteiger partial charge < -0.3 is 10.0 Å². The van der Waals surface area contributed by atoms with Gasteiger partial charge in [0.1, 0.15) is 0 Å². The van der Waals surface area contributed by atoms with Gasteiger partial charge in [-0.15, -0.1) is 0 Å². The minimum absolute atomic E-state index is 0.0972. The Balaban J connectivity index is 1.75. The molecule has 0 unspecified atom stereocenters. The van der Waals surface area contributed by atoms with Crippen molar-refractivity contribution in [2.24, 2.45) is 11.3 Å². The van der Waals surface area contributed by atoms with Crippen LogP contribution in [-0.2, 0) is 4.79 Å². The van der Waals surface area contributed by atoms with E-state index in [0.717, 1.165) is 19.6 Å². The molecule has 0 amide bonds. The molecule has 0 aromatic carbocycles. The first-order chi connectivity index (χ1) is 6.59. The molecule has 1 saturated heterocycles. The lowest BCUT2D eigenvalue weighted by Crippen LogP contribution is -2.53. The minimum Gasteiger partial charge on any atom is -0.481 e. The van der Waals surface area contributed by atoms with Crippen LogP contribution in [0.15, 0.2) is 0 Å². The lowest BCUT2D eigenvalue weighted by molar-refractivity contribution is -0.148. The molecule has 0 atom stereocenters. The summed E-state index contributed by atoms with van der Waals surface area (Å²) in [6.45, 7) is 4.99. The van der Waals surface area contributed by atoms with Crippen molar-refractivity contribution >= 4 is 5.97 Å². The van der Waals surface area contributed by atoms with Gasteiger partial charge in [0.25, 0.3) is 0 Å². The molecule has 0 bridgehead atoms. The summed E-state index contributed by atoms with van der Waals surface area (Å²) in [6.07, 6.45) is 5.35. The molecule has 0 radical (unpaired) electrons. The van der Waals surface area contributed by atoms with Crippen molar-refractivity contribution in [2.75, 3.05) is 19.6 Å². The van der Waals surface area contributed by atoms with Crippen molar-refractivity contribution in [3.8, 4) is 0 Å². The van der Waals surface area contributed by atoms with Gasteiger partial charge in [-0.3, -0.25) is 4.79 Å². The molecule has 2 fully saturated rings. The monoisotopic (exact) mass is 197 g/mol. The average Bonchev–Trinajstić information content (AvgIpc) is 2.44. The van der Waals surface area contributed by atoms with Crippen LogP contribution < -0.4 is 0 Å². The first-order valence-electron chi connectivity index (χ1n) is 5.54. The van der Waals surface area contributed by atoms with Gasteiger partial charge in [0, 0.05) is 19.6 Å². The lowest BCUT2D eigenvalue weighted by Gasteiger charge is -2.41. The maximum Gasteiger partial charge on any atom is 0.309 e. The summed E-state index contributed by atoms with van der Waals surface area (Å²) >= 11 is 0. The zero-order valence-electron chi connectivity index (χ0n) is 8.83. The molecule has 3 heteroatoms. The van der Waals surface area contributed by atoms with Crippen molar-refractivity contribution in [3.63, 3.8) is 0 Å². The second-order valence-electron chi connectivity index (χ2n) is 5.25. The molecule has 0 aromatic heterocycles. The second-order valence-corrected chi connectivity index (χ2v) is 5.25. The quantitative estimate of drug-likeness (QED) is 0.746. The van der Waals surface area contributed by atoms with Crippen LogP contribution in [0.2, 0.25) is 0 Å². The van der Waals surface area contributed by atoms with E-state index in [-0.39, 0.29) is 5.92 Å². The predicted molar refractivity (Wildman–Crippen MR) is 54.1 cm³/mol. The van der Waals surface area contributed by atoms with Gasteiger partial charge in [0.15, 0.2) is 0 Å². The van der Waals surface area contributed by atoms with Gasteiger partial charge >= 0.3 is 5.97 Å². The highest BCUT2D eigenvalue weighted by Gasteiger charge is 2.38. The smallest absolute Gasteiger partial charge is 0.309 e. The number of carboxylic acid groups (broad SMARTS) is 1. The Morgan fingerprint density at radius 1 is 1.43 bits per heavy atom. The fraction of sp³-hybridized carbons (Fsp3) is 0.909. The minimum atomic E-state index is -0.627. The van der Waals surface area contributed by atoms with Gasteiger partial charge in [0.05, 0.1) is 5.92 Å². The lowest BCUT2D eigenvalue weighted by atomic mass is 9.86. The van der Waals surface area contributed by atoms with E-state index in [4.69, 9.17) is 5.11 Å². The summed E-state index contributed by atoms with van der Waals surface area (Å²) in [5.74, 6) is -0.724. The fourth-order valence-corrected chi connectivity index (χ4v) is 2.78. The molecule has 3 nitrogen and oxygen atoms in total. The van der Waals surface area contributed by atoms with Crippen molar-refractivity contribution in [2.45, 2.75) is 32.6 Å². The topological polar surface area (TPSA) is 40.5 Å². The van der Waals surface area contributed by atoms with Crippen molar-refractivity contribution in [1.29, 1.82) is 0 Å². The molecule has 1 aliphatic heterocycles. The van der Waals surface area contributed by atoms with Gasteiger partial charge in [-0.25, -0.2) is 0 Å². The molecule has 14 heavy (non-hydrogen) atoms. The average molecular weight is 197 g/mol. The first kappa shape index (κ1) is 9.97. The molecular weight excluding hydrogens is 178 g/mol. The van der Waals surface area contributed by atoms with Crippen LogP contribution in [0.4, 0.5) is 0 Å². The molecule has 1 saturated carbocycles. The van der Waals surface area contributed by atoms with E-state index in [1.807, 2.05) is 0 Å². The predicted octanol–water partition coefficient (Wildman–Crippen LogP) is 1.58. The van der Waals surface area contributed by atoms with E-state index in [1.54, 1.807) is 0 Å². The SMILES string of the molecule is CC1(CN2CC(C(=O)O)C2)CCCC1. The number of nitrogens with zero attached hydrogens (tertiary/aromatic N) is 1. The maximum atomic E-state index is 10.6. The highest BCUT2D eigenvalue weighted by atomic mass is 16.4. The summed E-state index contributed by atoms with van der Waals surface area (Å²) in [6, 6.07) is 0. The Morgan fingerprint density at radius 2 is 2.00 bits per heavy atom. The molecule has 80 valence electrons. The standard InChI is InChI=1S/C11H19NO2/c1-11(4-2-3-5-11)8-12-6-9(7-12)10(13)14/h9H,2-8H2,1H3,(H,13,14). The van der Waals surface area contributed by atoms with Crippen LogP contribution in [0.3, 0.4) is 0 Å². The third kappa shape index (κ3) is 1.92. The third-order valence-corrected chi connectivity index (χ3v) is 3.72. The number of carboxylic acids is 1. The number of aliphatic carboxylic acids is 1. The Labute approximate surface area is 85.1 Å². The van der Waals surface area contributed by atoms with Crippen molar-refractivity contribution < 1.29 is 9.90 Å². The molecule has 1 heterocycles. The van der Waals surface area contributed by atoms with Crippen molar-refractivity contribution in [3.05, 3.63) is 0 Å². The normalized spacial score (nSPS) is 27.5. The number of likely N-dealkylation sites (tertiary alicyclic amines) is 1. The molecular formula is C11H19NO2. The summed E-state index contributed by atoms with van der Waals surface area (Å²) in [7, 11) is 0. The Morgan fingerprint density at radius 3 is 2.50 bits per heavy atom. The molecule has 2 aliphatic rings. The fourth-order valence-electron chi connectivity index (χ4n) is 2.78. The van der Waals surface area contributed by atoms with Crippen molar-refractivity contribution in [1.82, 2.24) is 4.90 Å². The van der Waals surface area contributed by atoms with Crippen LogP contribution in [0.1, 0.15) is 32.6 Å². The summed E-state index contributed by atoms with van der Waals surface area (Å²) in [5.41, 5.74) is 0.476. The highest BCUT2D eigenvalue weighted by molar-refractivity contribution is 5.71.